The van der Waals surface area contributed by atoms with Crippen molar-refractivity contribution < 1.29 is 23.9 Å². The fraction of sp³-hybridized carbons (Fsp3) is 0.522. The van der Waals surface area contributed by atoms with Crippen LogP contribution in [0.1, 0.15) is 53.5 Å². The molecule has 31 heavy (non-hydrogen) atoms. The van der Waals surface area contributed by atoms with Gasteiger partial charge in [-0.1, -0.05) is 18.2 Å². The van der Waals surface area contributed by atoms with Crippen LogP contribution >= 0.6 is 0 Å². The fourth-order valence-electron chi connectivity index (χ4n) is 3.02. The molecule has 0 saturated heterocycles. The van der Waals surface area contributed by atoms with E-state index in [0.717, 1.165) is 16.5 Å². The van der Waals surface area contributed by atoms with E-state index in [9.17, 15) is 14.4 Å². The Morgan fingerprint density at radius 1 is 1.03 bits per heavy atom. The Morgan fingerprint density at radius 3 is 2.26 bits per heavy atom. The zero-order chi connectivity index (χ0) is 23.4. The van der Waals surface area contributed by atoms with Crippen molar-refractivity contribution in [3.63, 3.8) is 0 Å². The van der Waals surface area contributed by atoms with Crippen LogP contribution in [0.2, 0.25) is 0 Å². The Bertz CT molecular complexity index is 937. The summed E-state index contributed by atoms with van der Waals surface area (Å²) in [6.07, 6.45) is 1.72. The lowest BCUT2D eigenvalue weighted by atomic mass is 10.0. The molecule has 2 unspecified atom stereocenters. The minimum Gasteiger partial charge on any atom is -0.460 e. The first-order valence-electron chi connectivity index (χ1n) is 10.3. The highest BCUT2D eigenvalue weighted by molar-refractivity contribution is 5.91. The van der Waals surface area contributed by atoms with Gasteiger partial charge in [-0.2, -0.15) is 0 Å². The van der Waals surface area contributed by atoms with Crippen LogP contribution in [0.5, 0.6) is 0 Å². The third-order valence-corrected chi connectivity index (χ3v) is 4.25. The van der Waals surface area contributed by atoms with Crippen LogP contribution in [-0.2, 0) is 30.3 Å². The number of benzene rings is 1. The van der Waals surface area contributed by atoms with Crippen molar-refractivity contribution in [2.75, 3.05) is 0 Å². The van der Waals surface area contributed by atoms with Crippen molar-refractivity contribution in [2.24, 2.45) is 5.73 Å². The first kappa shape index (κ1) is 24.4. The highest BCUT2D eigenvalue weighted by Gasteiger charge is 2.30. The molecule has 0 aliphatic carbocycles. The van der Waals surface area contributed by atoms with E-state index in [0.29, 0.717) is 0 Å². The normalized spacial score (nSPS) is 14.0. The summed E-state index contributed by atoms with van der Waals surface area (Å²) in [6.45, 7) is 10.5. The molecule has 0 aliphatic rings. The predicted octanol–water partition coefficient (Wildman–Crippen LogP) is 2.60. The van der Waals surface area contributed by atoms with Gasteiger partial charge in [-0.3, -0.25) is 9.59 Å². The van der Waals surface area contributed by atoms with E-state index in [1.165, 1.54) is 0 Å². The zero-order valence-corrected chi connectivity index (χ0v) is 19.1. The Kier molecular flexibility index (Phi) is 7.49. The number of nitrogens with one attached hydrogen (secondary N) is 2. The number of nitrogens with two attached hydrogens (primary N) is 1. The lowest BCUT2D eigenvalue weighted by Gasteiger charge is -2.25. The van der Waals surface area contributed by atoms with Crippen LogP contribution < -0.4 is 11.1 Å². The number of rotatable bonds is 7. The summed E-state index contributed by atoms with van der Waals surface area (Å²) >= 11 is 0. The third-order valence-electron chi connectivity index (χ3n) is 4.25. The molecule has 170 valence electrons. The number of aromatic nitrogens is 1. The largest absolute Gasteiger partial charge is 0.460 e. The Morgan fingerprint density at radius 2 is 1.65 bits per heavy atom. The summed E-state index contributed by atoms with van der Waals surface area (Å²) < 4.78 is 10.7. The van der Waals surface area contributed by atoms with Crippen LogP contribution in [0, 0.1) is 0 Å². The van der Waals surface area contributed by atoms with Gasteiger partial charge >= 0.3 is 11.9 Å². The Hall–Kier alpha value is -2.87. The topological polar surface area (TPSA) is 124 Å². The number of carbonyl (C=O) groups is 3. The number of esters is 2. The molecular weight excluding hydrogens is 398 g/mol. The van der Waals surface area contributed by atoms with Crippen molar-refractivity contribution in [1.82, 2.24) is 10.3 Å². The molecule has 0 bridgehead atoms. The van der Waals surface area contributed by atoms with Gasteiger partial charge in [0.25, 0.3) is 0 Å². The van der Waals surface area contributed by atoms with Gasteiger partial charge in [0.05, 0.1) is 12.5 Å². The van der Waals surface area contributed by atoms with Gasteiger partial charge in [-0.15, -0.1) is 0 Å². The number of aromatic amines is 1. The molecule has 1 heterocycles. The van der Waals surface area contributed by atoms with E-state index in [4.69, 9.17) is 15.2 Å². The summed E-state index contributed by atoms with van der Waals surface area (Å²) in [7, 11) is 0. The maximum atomic E-state index is 12.8. The van der Waals surface area contributed by atoms with E-state index in [2.05, 4.69) is 10.3 Å². The predicted molar refractivity (Wildman–Crippen MR) is 118 cm³/mol. The van der Waals surface area contributed by atoms with Crippen LogP contribution in [-0.4, -0.2) is 46.1 Å². The molecule has 8 heteroatoms. The van der Waals surface area contributed by atoms with Gasteiger partial charge in [-0.05, 0) is 53.2 Å². The number of para-hydroxylation sites is 1. The summed E-state index contributed by atoms with van der Waals surface area (Å²) in [5.74, 6) is -1.78. The summed E-state index contributed by atoms with van der Waals surface area (Å²) in [6, 6.07) is 5.56. The molecule has 4 N–H and O–H groups in total. The van der Waals surface area contributed by atoms with Gasteiger partial charge in [0.2, 0.25) is 5.91 Å². The van der Waals surface area contributed by atoms with E-state index < -0.39 is 41.1 Å². The minimum atomic E-state index is -1.15. The number of amides is 1. The molecule has 0 fully saturated rings. The van der Waals surface area contributed by atoms with E-state index in [1.807, 2.05) is 24.3 Å². The Balaban J connectivity index is 2.15. The Labute approximate surface area is 182 Å². The number of ether oxygens (including phenoxy) is 2. The van der Waals surface area contributed by atoms with E-state index >= 15 is 0 Å². The van der Waals surface area contributed by atoms with Gasteiger partial charge in [0, 0.05) is 23.5 Å². The molecule has 0 aliphatic heterocycles. The van der Waals surface area contributed by atoms with Crippen LogP contribution in [0.15, 0.2) is 30.5 Å². The van der Waals surface area contributed by atoms with Gasteiger partial charge in [-0.25, -0.2) is 4.79 Å². The summed E-state index contributed by atoms with van der Waals surface area (Å²) in [5.41, 5.74) is 6.28. The summed E-state index contributed by atoms with van der Waals surface area (Å²) in [4.78, 5) is 40.6. The zero-order valence-electron chi connectivity index (χ0n) is 19.1. The molecule has 2 atom stereocenters. The van der Waals surface area contributed by atoms with E-state index in [-0.39, 0.29) is 12.8 Å². The monoisotopic (exact) mass is 431 g/mol. The second kappa shape index (κ2) is 9.51. The highest BCUT2D eigenvalue weighted by atomic mass is 16.6. The molecule has 0 radical (unpaired) electrons. The standard InChI is InChI=1S/C23H33N3O5/c1-22(2,3)30-19(27)12-16(24)20(28)26-18(21(29)31-23(4,5)6)11-14-13-25-17-10-8-7-9-15(14)17/h7-10,13,16,18,25H,11-12,24H2,1-6H3,(H,26,28). The highest BCUT2D eigenvalue weighted by Crippen LogP contribution is 2.20. The summed E-state index contributed by atoms with van der Waals surface area (Å²) in [5, 5.41) is 3.60. The third kappa shape index (κ3) is 7.71. The number of fused-ring (bicyclic) bond motifs is 1. The maximum absolute atomic E-state index is 12.8. The fourth-order valence-corrected chi connectivity index (χ4v) is 3.02. The van der Waals surface area contributed by atoms with Crippen molar-refractivity contribution in [2.45, 2.75) is 77.7 Å². The average Bonchev–Trinajstić information content (AvgIpc) is 3.01. The lowest BCUT2D eigenvalue weighted by Crippen LogP contribution is -2.51. The van der Waals surface area contributed by atoms with E-state index in [1.54, 1.807) is 47.7 Å². The van der Waals surface area contributed by atoms with Crippen LogP contribution in [0.25, 0.3) is 10.9 Å². The van der Waals surface area contributed by atoms with Crippen LogP contribution in [0.3, 0.4) is 0 Å². The minimum absolute atomic E-state index is 0.212. The number of hydrogen-bond acceptors (Lipinski definition) is 6. The number of hydrogen-bond donors (Lipinski definition) is 3. The first-order chi connectivity index (χ1) is 14.2. The maximum Gasteiger partial charge on any atom is 0.329 e. The van der Waals surface area contributed by atoms with Gasteiger partial charge in [0.15, 0.2) is 0 Å². The van der Waals surface area contributed by atoms with Crippen molar-refractivity contribution in [3.05, 3.63) is 36.0 Å². The van der Waals surface area contributed by atoms with Crippen molar-refractivity contribution >= 4 is 28.7 Å². The van der Waals surface area contributed by atoms with Crippen molar-refractivity contribution in [3.8, 4) is 0 Å². The average molecular weight is 432 g/mol. The molecular formula is C23H33N3O5. The second-order valence-electron chi connectivity index (χ2n) is 9.56. The smallest absolute Gasteiger partial charge is 0.329 e. The van der Waals surface area contributed by atoms with Crippen LogP contribution in [0.4, 0.5) is 0 Å². The first-order valence-corrected chi connectivity index (χ1v) is 10.3. The quantitative estimate of drug-likeness (QED) is 0.579. The van der Waals surface area contributed by atoms with Gasteiger partial charge in [0.1, 0.15) is 17.2 Å². The molecule has 0 spiro atoms. The van der Waals surface area contributed by atoms with Crippen molar-refractivity contribution in [1.29, 1.82) is 0 Å². The molecule has 1 aromatic heterocycles. The van der Waals surface area contributed by atoms with Gasteiger partial charge < -0.3 is 25.5 Å². The molecule has 0 saturated carbocycles. The molecule has 2 rings (SSSR count). The SMILES string of the molecule is CC(C)(C)OC(=O)CC(N)C(=O)NC(Cc1c[nH]c2ccccc12)C(=O)OC(C)(C)C. The number of carbonyl (C=O) groups excluding carboxylic acids is 3. The second-order valence-corrected chi connectivity index (χ2v) is 9.56. The lowest BCUT2D eigenvalue weighted by molar-refractivity contribution is -0.158. The molecule has 8 nitrogen and oxygen atoms in total. The molecule has 1 aromatic carbocycles. The molecule has 2 aromatic rings. The number of H-pyrrole nitrogens is 1. The molecule has 1 amide bonds.